The third-order valence-electron chi connectivity index (χ3n) is 3.47. The molecule has 1 heterocycles. The zero-order valence-electron chi connectivity index (χ0n) is 11.9. The molecule has 1 aromatic heterocycles. The minimum Gasteiger partial charge on any atom is -0.363 e. The van der Waals surface area contributed by atoms with E-state index in [9.17, 15) is 4.39 Å². The van der Waals surface area contributed by atoms with Crippen molar-refractivity contribution in [2.24, 2.45) is 0 Å². The lowest BCUT2D eigenvalue weighted by Gasteiger charge is -2.16. The minimum absolute atomic E-state index is 0.0744. The lowest BCUT2D eigenvalue weighted by molar-refractivity contribution is 0.629. The number of anilines is 1. The van der Waals surface area contributed by atoms with Gasteiger partial charge in [-0.3, -0.25) is 0 Å². The molecular weight excluding hydrogens is 279 g/mol. The van der Waals surface area contributed by atoms with Gasteiger partial charge in [-0.1, -0.05) is 12.1 Å². The van der Waals surface area contributed by atoms with Crippen LogP contribution in [0.4, 0.5) is 10.2 Å². The lowest BCUT2D eigenvalue weighted by atomic mass is 10.1. The Kier molecular flexibility index (Phi) is 3.67. The Morgan fingerprint density at radius 1 is 1.18 bits per heavy atom. The van der Waals surface area contributed by atoms with Crippen molar-refractivity contribution in [1.29, 1.82) is 5.26 Å². The molecule has 1 atom stereocenters. The molecule has 3 rings (SSSR count). The Balaban J connectivity index is 1.95. The Hall–Kier alpha value is -3.00. The molecule has 108 valence electrons. The van der Waals surface area contributed by atoms with Crippen molar-refractivity contribution < 1.29 is 4.39 Å². The van der Waals surface area contributed by atoms with Gasteiger partial charge in [-0.25, -0.2) is 14.4 Å². The van der Waals surface area contributed by atoms with Gasteiger partial charge >= 0.3 is 0 Å². The molecule has 0 aliphatic carbocycles. The quantitative estimate of drug-likeness (QED) is 0.797. The first-order chi connectivity index (χ1) is 10.7. The molecule has 0 aliphatic rings. The molecule has 0 unspecified atom stereocenters. The summed E-state index contributed by atoms with van der Waals surface area (Å²) >= 11 is 0. The maximum atomic E-state index is 13.5. The van der Waals surface area contributed by atoms with Crippen LogP contribution in [0.3, 0.4) is 0 Å². The summed E-state index contributed by atoms with van der Waals surface area (Å²) in [6.07, 6.45) is 1.45. The smallest absolute Gasteiger partial charge is 0.137 e. The van der Waals surface area contributed by atoms with Crippen LogP contribution in [0.5, 0.6) is 0 Å². The molecule has 0 amide bonds. The first-order valence-electron chi connectivity index (χ1n) is 6.84. The van der Waals surface area contributed by atoms with E-state index in [1.54, 1.807) is 12.1 Å². The molecule has 0 spiro atoms. The van der Waals surface area contributed by atoms with E-state index in [0.717, 1.165) is 5.56 Å². The van der Waals surface area contributed by atoms with Gasteiger partial charge in [-0.15, -0.1) is 0 Å². The Labute approximate surface area is 127 Å². The highest BCUT2D eigenvalue weighted by molar-refractivity contribution is 5.88. The normalized spacial score (nSPS) is 11.9. The van der Waals surface area contributed by atoms with Crippen LogP contribution in [0.15, 0.2) is 48.8 Å². The molecule has 0 saturated carbocycles. The molecule has 4 nitrogen and oxygen atoms in total. The van der Waals surface area contributed by atoms with Crippen molar-refractivity contribution in [3.8, 4) is 6.07 Å². The largest absolute Gasteiger partial charge is 0.363 e. The van der Waals surface area contributed by atoms with E-state index in [1.807, 2.05) is 25.1 Å². The number of nitrogens with one attached hydrogen (secondary N) is 1. The summed E-state index contributed by atoms with van der Waals surface area (Å²) in [5.74, 6) is 0.240. The fraction of sp³-hybridized carbons (Fsp3) is 0.118. The van der Waals surface area contributed by atoms with E-state index in [2.05, 4.69) is 21.4 Å². The highest BCUT2D eigenvalue weighted by Gasteiger charge is 2.10. The van der Waals surface area contributed by atoms with Gasteiger partial charge in [-0.2, -0.15) is 5.26 Å². The van der Waals surface area contributed by atoms with E-state index in [4.69, 9.17) is 5.26 Å². The van der Waals surface area contributed by atoms with Crippen LogP contribution >= 0.6 is 0 Å². The van der Waals surface area contributed by atoms with Gasteiger partial charge in [0.2, 0.25) is 0 Å². The summed E-state index contributed by atoms with van der Waals surface area (Å²) in [6.45, 7) is 1.96. The first kappa shape index (κ1) is 14.0. The topological polar surface area (TPSA) is 61.6 Å². The molecule has 0 saturated heterocycles. The number of hydrogen-bond donors (Lipinski definition) is 1. The van der Waals surface area contributed by atoms with Crippen LogP contribution in [0.25, 0.3) is 10.9 Å². The minimum atomic E-state index is -0.329. The second kappa shape index (κ2) is 5.78. The van der Waals surface area contributed by atoms with Gasteiger partial charge in [0.25, 0.3) is 0 Å². The third kappa shape index (κ3) is 2.72. The number of fused-ring (bicyclic) bond motifs is 1. The number of nitriles is 1. The number of halogens is 1. The Morgan fingerprint density at radius 2 is 2.05 bits per heavy atom. The van der Waals surface area contributed by atoms with E-state index in [-0.39, 0.29) is 11.9 Å². The van der Waals surface area contributed by atoms with Crippen LogP contribution in [-0.4, -0.2) is 9.97 Å². The van der Waals surface area contributed by atoms with Gasteiger partial charge in [0, 0.05) is 5.39 Å². The lowest BCUT2D eigenvalue weighted by Crippen LogP contribution is -2.09. The van der Waals surface area contributed by atoms with Gasteiger partial charge in [0.05, 0.1) is 23.2 Å². The summed E-state index contributed by atoms with van der Waals surface area (Å²) in [5.41, 5.74) is 2.24. The number of aromatic nitrogens is 2. The first-order valence-corrected chi connectivity index (χ1v) is 6.84. The van der Waals surface area contributed by atoms with Crippen LogP contribution in [0.1, 0.15) is 24.1 Å². The van der Waals surface area contributed by atoms with E-state index >= 15 is 0 Å². The molecule has 0 radical (unpaired) electrons. The molecule has 5 heteroatoms. The van der Waals surface area contributed by atoms with Crippen molar-refractivity contribution in [2.45, 2.75) is 13.0 Å². The third-order valence-corrected chi connectivity index (χ3v) is 3.47. The predicted molar refractivity (Wildman–Crippen MR) is 82.7 cm³/mol. The number of rotatable bonds is 3. The Morgan fingerprint density at radius 3 is 2.86 bits per heavy atom. The number of benzene rings is 2. The van der Waals surface area contributed by atoms with Crippen LogP contribution in [-0.2, 0) is 0 Å². The number of hydrogen-bond acceptors (Lipinski definition) is 4. The van der Waals surface area contributed by atoms with Gasteiger partial charge < -0.3 is 5.32 Å². The summed E-state index contributed by atoms with van der Waals surface area (Å²) in [4.78, 5) is 8.33. The highest BCUT2D eigenvalue weighted by atomic mass is 19.1. The molecule has 0 fully saturated rings. The number of nitrogens with zero attached hydrogens (tertiary/aromatic N) is 3. The monoisotopic (exact) mass is 292 g/mol. The average Bonchev–Trinajstić information content (AvgIpc) is 2.55. The van der Waals surface area contributed by atoms with E-state index in [1.165, 1.54) is 18.5 Å². The summed E-state index contributed by atoms with van der Waals surface area (Å²) in [7, 11) is 0. The zero-order chi connectivity index (χ0) is 15.5. The maximum Gasteiger partial charge on any atom is 0.137 e. The second-order valence-electron chi connectivity index (χ2n) is 4.99. The second-order valence-corrected chi connectivity index (χ2v) is 4.99. The van der Waals surface area contributed by atoms with Crippen molar-refractivity contribution in [1.82, 2.24) is 9.97 Å². The predicted octanol–water partition coefficient (Wildman–Crippen LogP) is 3.81. The molecule has 22 heavy (non-hydrogen) atoms. The van der Waals surface area contributed by atoms with Gasteiger partial charge in [0.1, 0.15) is 18.0 Å². The van der Waals surface area contributed by atoms with Gasteiger partial charge in [0.15, 0.2) is 0 Å². The van der Waals surface area contributed by atoms with Crippen LogP contribution in [0, 0.1) is 17.1 Å². The van der Waals surface area contributed by atoms with Crippen molar-refractivity contribution >= 4 is 16.7 Å². The standard InChI is InChI=1S/C17H13FN4/c1-11(13-4-2-3-12(7-13)9-19)22-17-15-8-14(18)5-6-16(15)20-10-21-17/h2-8,10-11H,1H3,(H,20,21,22)/t11-/m1/s1. The molecule has 0 bridgehead atoms. The fourth-order valence-electron chi connectivity index (χ4n) is 2.31. The Bertz CT molecular complexity index is 870. The highest BCUT2D eigenvalue weighted by Crippen LogP contribution is 2.24. The molecule has 1 N–H and O–H groups in total. The van der Waals surface area contributed by atoms with Crippen LogP contribution < -0.4 is 5.32 Å². The van der Waals surface area contributed by atoms with Crippen molar-refractivity contribution in [2.75, 3.05) is 5.32 Å². The zero-order valence-corrected chi connectivity index (χ0v) is 11.9. The van der Waals surface area contributed by atoms with Gasteiger partial charge in [-0.05, 0) is 42.8 Å². The summed E-state index contributed by atoms with van der Waals surface area (Å²) in [5, 5.41) is 12.9. The fourth-order valence-corrected chi connectivity index (χ4v) is 2.31. The molecule has 0 aliphatic heterocycles. The maximum absolute atomic E-state index is 13.5. The van der Waals surface area contributed by atoms with E-state index in [0.29, 0.717) is 22.3 Å². The average molecular weight is 292 g/mol. The van der Waals surface area contributed by atoms with E-state index < -0.39 is 0 Å². The van der Waals surface area contributed by atoms with Crippen molar-refractivity contribution in [3.63, 3.8) is 0 Å². The summed E-state index contributed by atoms with van der Waals surface area (Å²) < 4.78 is 13.5. The van der Waals surface area contributed by atoms with Crippen molar-refractivity contribution in [3.05, 3.63) is 65.7 Å². The molecule has 3 aromatic rings. The molecule has 2 aromatic carbocycles. The summed E-state index contributed by atoms with van der Waals surface area (Å²) in [6, 6.07) is 13.8. The SMILES string of the molecule is C[C@@H](Nc1ncnc2ccc(F)cc12)c1cccc(C#N)c1. The van der Waals surface area contributed by atoms with Crippen LogP contribution in [0.2, 0.25) is 0 Å². The molecular formula is C17H13FN4.